The maximum Gasteiger partial charge on any atom is 0.0366 e. The van der Waals surface area contributed by atoms with Crippen LogP contribution in [0.15, 0.2) is 24.3 Å². The molecule has 0 aromatic heterocycles. The van der Waals surface area contributed by atoms with E-state index in [1.54, 1.807) is 0 Å². The number of hydrogen-bond acceptors (Lipinski definition) is 2. The van der Waals surface area contributed by atoms with Gasteiger partial charge in [-0.1, -0.05) is 39.8 Å². The van der Waals surface area contributed by atoms with Crippen molar-refractivity contribution in [3.8, 4) is 0 Å². The van der Waals surface area contributed by atoms with E-state index in [1.807, 2.05) is 0 Å². The summed E-state index contributed by atoms with van der Waals surface area (Å²) in [5.74, 6) is 0.809. The molecule has 0 saturated carbocycles. The van der Waals surface area contributed by atoms with Gasteiger partial charge in [-0.05, 0) is 55.0 Å². The van der Waals surface area contributed by atoms with Crippen LogP contribution in [0.5, 0.6) is 0 Å². The number of nitrogens with zero attached hydrogens (tertiary/aromatic N) is 1. The summed E-state index contributed by atoms with van der Waals surface area (Å²) in [6, 6.07) is 9.17. The third kappa shape index (κ3) is 3.99. The van der Waals surface area contributed by atoms with Gasteiger partial charge in [0.1, 0.15) is 0 Å². The monoisotopic (exact) mass is 274 g/mol. The van der Waals surface area contributed by atoms with E-state index in [-0.39, 0.29) is 5.41 Å². The fourth-order valence-corrected chi connectivity index (χ4v) is 2.89. The van der Waals surface area contributed by atoms with E-state index < -0.39 is 0 Å². The molecule has 0 aliphatic carbocycles. The van der Waals surface area contributed by atoms with Gasteiger partial charge >= 0.3 is 0 Å². The van der Waals surface area contributed by atoms with Gasteiger partial charge in [0.25, 0.3) is 0 Å². The molecule has 1 heterocycles. The summed E-state index contributed by atoms with van der Waals surface area (Å²) in [6.45, 7) is 13.8. The zero-order valence-electron chi connectivity index (χ0n) is 13.6. The minimum absolute atomic E-state index is 0.246. The Morgan fingerprint density at radius 2 is 1.90 bits per heavy atom. The second kappa shape index (κ2) is 6.62. The normalized spacial score (nSPS) is 19.6. The van der Waals surface area contributed by atoms with Crippen molar-refractivity contribution >= 4 is 5.69 Å². The molecule has 1 aromatic carbocycles. The molecule has 0 amide bonds. The lowest BCUT2D eigenvalue weighted by Gasteiger charge is -2.22. The average Bonchev–Trinajstić information content (AvgIpc) is 2.87. The van der Waals surface area contributed by atoms with Gasteiger partial charge in [0.05, 0.1) is 0 Å². The minimum atomic E-state index is 0.246. The summed E-state index contributed by atoms with van der Waals surface area (Å²) in [5, 5.41) is 3.55. The van der Waals surface area contributed by atoms with Gasteiger partial charge in [-0.15, -0.1) is 0 Å². The topological polar surface area (TPSA) is 15.3 Å². The Morgan fingerprint density at radius 3 is 2.50 bits per heavy atom. The fraction of sp³-hybridized carbons (Fsp3) is 0.667. The molecule has 1 aliphatic heterocycles. The van der Waals surface area contributed by atoms with E-state index in [0.717, 1.165) is 12.5 Å². The first-order chi connectivity index (χ1) is 9.50. The van der Waals surface area contributed by atoms with Crippen LogP contribution in [0.1, 0.15) is 46.1 Å². The third-order valence-electron chi connectivity index (χ3n) is 4.24. The standard InChI is InChI=1S/C18H30N2/c1-5-11-19-13-15-10-12-20(14-15)17-8-6-16(7-9-17)18(2,3)4/h6-9,15,19H,5,10-14H2,1-4H3. The maximum absolute atomic E-state index is 3.55. The van der Waals surface area contributed by atoms with Crippen LogP contribution in [0.25, 0.3) is 0 Å². The molecule has 1 atom stereocenters. The lowest BCUT2D eigenvalue weighted by Crippen LogP contribution is -2.26. The van der Waals surface area contributed by atoms with Gasteiger partial charge in [-0.25, -0.2) is 0 Å². The molecule has 0 spiro atoms. The van der Waals surface area contributed by atoms with Gasteiger partial charge < -0.3 is 10.2 Å². The van der Waals surface area contributed by atoms with Crippen molar-refractivity contribution < 1.29 is 0 Å². The first kappa shape index (κ1) is 15.4. The summed E-state index contributed by atoms with van der Waals surface area (Å²) in [7, 11) is 0. The first-order valence-electron chi connectivity index (χ1n) is 8.07. The van der Waals surface area contributed by atoms with Crippen molar-refractivity contribution in [2.75, 3.05) is 31.1 Å². The Morgan fingerprint density at radius 1 is 1.20 bits per heavy atom. The van der Waals surface area contributed by atoms with Crippen molar-refractivity contribution in [2.45, 2.75) is 46.0 Å². The summed E-state index contributed by atoms with van der Waals surface area (Å²) in [4.78, 5) is 2.53. The Balaban J connectivity index is 1.90. The molecule has 2 nitrogen and oxygen atoms in total. The highest BCUT2D eigenvalue weighted by molar-refractivity contribution is 5.49. The molecule has 1 fully saturated rings. The SMILES string of the molecule is CCCNCC1CCN(c2ccc(C(C)(C)C)cc2)C1. The number of nitrogens with one attached hydrogen (secondary N) is 1. The Bertz CT molecular complexity index is 402. The highest BCUT2D eigenvalue weighted by atomic mass is 15.2. The van der Waals surface area contributed by atoms with E-state index in [4.69, 9.17) is 0 Å². The largest absolute Gasteiger partial charge is 0.371 e. The van der Waals surface area contributed by atoms with Gasteiger partial charge in [-0.3, -0.25) is 0 Å². The van der Waals surface area contributed by atoms with E-state index in [9.17, 15) is 0 Å². The summed E-state index contributed by atoms with van der Waals surface area (Å²) in [5.41, 5.74) is 3.05. The molecular weight excluding hydrogens is 244 g/mol. The van der Waals surface area contributed by atoms with Crippen molar-refractivity contribution in [3.63, 3.8) is 0 Å². The maximum atomic E-state index is 3.55. The first-order valence-corrected chi connectivity index (χ1v) is 8.07. The number of benzene rings is 1. The summed E-state index contributed by atoms with van der Waals surface area (Å²) < 4.78 is 0. The smallest absolute Gasteiger partial charge is 0.0366 e. The van der Waals surface area contributed by atoms with Crippen LogP contribution in [0.2, 0.25) is 0 Å². The molecule has 2 heteroatoms. The zero-order chi connectivity index (χ0) is 14.6. The second-order valence-electron chi connectivity index (χ2n) is 7.10. The van der Waals surface area contributed by atoms with Gasteiger partial charge in [0, 0.05) is 18.8 Å². The molecule has 0 radical (unpaired) electrons. The highest BCUT2D eigenvalue weighted by Crippen LogP contribution is 2.27. The van der Waals surface area contributed by atoms with Crippen LogP contribution in [-0.4, -0.2) is 26.2 Å². The van der Waals surface area contributed by atoms with Gasteiger partial charge in [-0.2, -0.15) is 0 Å². The molecule has 1 saturated heterocycles. The van der Waals surface area contributed by atoms with Crippen LogP contribution in [0.3, 0.4) is 0 Å². The van der Waals surface area contributed by atoms with Crippen LogP contribution in [0, 0.1) is 5.92 Å². The third-order valence-corrected chi connectivity index (χ3v) is 4.24. The van der Waals surface area contributed by atoms with Crippen LogP contribution in [0.4, 0.5) is 5.69 Å². The Hall–Kier alpha value is -1.02. The number of anilines is 1. The van der Waals surface area contributed by atoms with Crippen LogP contribution < -0.4 is 10.2 Å². The summed E-state index contributed by atoms with van der Waals surface area (Å²) in [6.07, 6.45) is 2.54. The Labute approximate surface area is 124 Å². The molecule has 1 unspecified atom stereocenters. The molecule has 1 N–H and O–H groups in total. The minimum Gasteiger partial charge on any atom is -0.371 e. The zero-order valence-corrected chi connectivity index (χ0v) is 13.6. The lowest BCUT2D eigenvalue weighted by molar-refractivity contribution is 0.516. The van der Waals surface area contributed by atoms with E-state index in [0.29, 0.717) is 0 Å². The quantitative estimate of drug-likeness (QED) is 0.821. The molecule has 1 aromatic rings. The molecule has 1 aliphatic rings. The summed E-state index contributed by atoms with van der Waals surface area (Å²) >= 11 is 0. The van der Waals surface area contributed by atoms with Gasteiger partial charge in [0.2, 0.25) is 0 Å². The highest BCUT2D eigenvalue weighted by Gasteiger charge is 2.22. The average molecular weight is 274 g/mol. The molecule has 20 heavy (non-hydrogen) atoms. The molecular formula is C18H30N2. The fourth-order valence-electron chi connectivity index (χ4n) is 2.89. The van der Waals surface area contributed by atoms with Crippen LogP contribution >= 0.6 is 0 Å². The number of rotatable bonds is 5. The van der Waals surface area contributed by atoms with Crippen molar-refractivity contribution in [2.24, 2.45) is 5.92 Å². The van der Waals surface area contributed by atoms with Crippen LogP contribution in [-0.2, 0) is 5.41 Å². The van der Waals surface area contributed by atoms with Crippen molar-refractivity contribution in [1.82, 2.24) is 5.32 Å². The van der Waals surface area contributed by atoms with E-state index in [2.05, 4.69) is 62.2 Å². The molecule has 112 valence electrons. The lowest BCUT2D eigenvalue weighted by atomic mass is 9.87. The predicted molar refractivity (Wildman–Crippen MR) is 88.6 cm³/mol. The molecule has 0 bridgehead atoms. The van der Waals surface area contributed by atoms with Crippen molar-refractivity contribution in [1.29, 1.82) is 0 Å². The Kier molecular flexibility index (Phi) is 5.09. The second-order valence-corrected chi connectivity index (χ2v) is 7.10. The van der Waals surface area contributed by atoms with Gasteiger partial charge in [0.15, 0.2) is 0 Å². The molecule has 2 rings (SSSR count). The predicted octanol–water partition coefficient (Wildman–Crippen LogP) is 3.81. The number of hydrogen-bond donors (Lipinski definition) is 1. The van der Waals surface area contributed by atoms with Crippen molar-refractivity contribution in [3.05, 3.63) is 29.8 Å². The van der Waals surface area contributed by atoms with E-state index >= 15 is 0 Å². The van der Waals surface area contributed by atoms with E-state index in [1.165, 1.54) is 43.7 Å².